The predicted molar refractivity (Wildman–Crippen MR) is 79.2 cm³/mol. The van der Waals surface area contributed by atoms with Gasteiger partial charge >= 0.3 is 0 Å². The third-order valence-corrected chi connectivity index (χ3v) is 4.65. The fraction of sp³-hybridized carbons (Fsp3) is 0.688. The second kappa shape index (κ2) is 6.53. The molecule has 1 aliphatic carbocycles. The van der Waals surface area contributed by atoms with Gasteiger partial charge in [0, 0.05) is 25.7 Å². The first kappa shape index (κ1) is 13.8. The van der Waals surface area contributed by atoms with E-state index in [-0.39, 0.29) is 0 Å². The minimum Gasteiger partial charge on any atom is -0.367 e. The van der Waals surface area contributed by atoms with Crippen LogP contribution >= 0.6 is 0 Å². The van der Waals surface area contributed by atoms with E-state index in [0.717, 1.165) is 31.8 Å². The van der Waals surface area contributed by atoms with Crippen LogP contribution in [0.25, 0.3) is 0 Å². The van der Waals surface area contributed by atoms with Crippen molar-refractivity contribution in [3.05, 3.63) is 24.1 Å². The van der Waals surface area contributed by atoms with Crippen molar-refractivity contribution >= 4 is 5.82 Å². The normalized spacial score (nSPS) is 22.2. The summed E-state index contributed by atoms with van der Waals surface area (Å²) in [7, 11) is 0. The first-order chi connectivity index (χ1) is 9.79. The van der Waals surface area contributed by atoms with Crippen molar-refractivity contribution in [1.29, 1.82) is 0 Å². The van der Waals surface area contributed by atoms with Crippen molar-refractivity contribution in [2.75, 3.05) is 25.0 Å². The molecule has 3 rings (SSSR count). The molecule has 1 aromatic rings. The Morgan fingerprint density at radius 2 is 1.90 bits per heavy atom. The van der Waals surface area contributed by atoms with Gasteiger partial charge in [-0.1, -0.05) is 18.9 Å². The van der Waals surface area contributed by atoms with Crippen LogP contribution in [0.1, 0.15) is 38.5 Å². The van der Waals surface area contributed by atoms with Crippen molar-refractivity contribution < 1.29 is 4.39 Å². The smallest absolute Gasteiger partial charge is 0.214 e. The van der Waals surface area contributed by atoms with Gasteiger partial charge in [0.25, 0.3) is 0 Å². The van der Waals surface area contributed by atoms with Gasteiger partial charge < -0.3 is 10.2 Å². The van der Waals surface area contributed by atoms with E-state index in [1.807, 2.05) is 6.07 Å². The van der Waals surface area contributed by atoms with Crippen LogP contribution in [0.3, 0.4) is 0 Å². The summed E-state index contributed by atoms with van der Waals surface area (Å²) in [6.07, 6.45) is 7.95. The minimum absolute atomic E-state index is 0.409. The van der Waals surface area contributed by atoms with E-state index in [1.54, 1.807) is 6.07 Å². The van der Waals surface area contributed by atoms with E-state index in [4.69, 9.17) is 0 Å². The molecule has 4 heteroatoms. The summed E-state index contributed by atoms with van der Waals surface area (Å²) in [4.78, 5) is 6.48. The van der Waals surface area contributed by atoms with Gasteiger partial charge in [-0.05, 0) is 43.7 Å². The third-order valence-electron chi connectivity index (χ3n) is 4.65. The molecule has 2 aliphatic rings. The maximum Gasteiger partial charge on any atom is 0.214 e. The van der Waals surface area contributed by atoms with Gasteiger partial charge in [0.1, 0.15) is 5.82 Å². The predicted octanol–water partition coefficient (Wildman–Crippen LogP) is 3.29. The Morgan fingerprint density at radius 3 is 2.60 bits per heavy atom. The summed E-state index contributed by atoms with van der Waals surface area (Å²) in [6.45, 7) is 3.60. The molecule has 0 atom stereocenters. The summed E-state index contributed by atoms with van der Waals surface area (Å²) in [6, 6.07) is 5.37. The summed E-state index contributed by atoms with van der Waals surface area (Å²) < 4.78 is 13.1. The number of pyridine rings is 1. The number of aromatic nitrogens is 1. The number of halogens is 1. The fourth-order valence-electron chi connectivity index (χ4n) is 3.52. The van der Waals surface area contributed by atoms with E-state index in [9.17, 15) is 4.39 Å². The molecule has 3 nitrogen and oxygen atoms in total. The molecule has 1 aliphatic heterocycles. The summed E-state index contributed by atoms with van der Waals surface area (Å²) in [5, 5.41) is 3.36. The molecule has 20 heavy (non-hydrogen) atoms. The maximum absolute atomic E-state index is 13.1. The first-order valence-corrected chi connectivity index (χ1v) is 7.91. The number of anilines is 1. The number of hydrogen-bond acceptors (Lipinski definition) is 3. The van der Waals surface area contributed by atoms with E-state index >= 15 is 0 Å². The summed E-state index contributed by atoms with van der Waals surface area (Å²) in [5.41, 5.74) is 0. The molecule has 1 saturated heterocycles. The van der Waals surface area contributed by atoms with Gasteiger partial charge in [-0.2, -0.15) is 4.39 Å². The lowest BCUT2D eigenvalue weighted by Crippen LogP contribution is -2.41. The van der Waals surface area contributed by atoms with Gasteiger partial charge in [0.2, 0.25) is 5.95 Å². The minimum atomic E-state index is -0.409. The lowest BCUT2D eigenvalue weighted by atomic mass is 10.0. The molecule has 0 amide bonds. The van der Waals surface area contributed by atoms with Crippen LogP contribution in [0.2, 0.25) is 0 Å². The number of likely N-dealkylation sites (tertiary alicyclic amines) is 1. The van der Waals surface area contributed by atoms with E-state index in [1.165, 1.54) is 38.3 Å². The van der Waals surface area contributed by atoms with Gasteiger partial charge in [-0.25, -0.2) is 4.98 Å². The highest BCUT2D eigenvalue weighted by Crippen LogP contribution is 2.26. The zero-order valence-electron chi connectivity index (χ0n) is 12.0. The number of nitrogens with zero attached hydrogens (tertiary/aromatic N) is 2. The highest BCUT2D eigenvalue weighted by Gasteiger charge is 2.23. The number of hydrogen-bond donors (Lipinski definition) is 1. The summed E-state index contributed by atoms with van der Waals surface area (Å²) in [5.74, 6) is 1.19. The van der Waals surface area contributed by atoms with E-state index in [0.29, 0.717) is 11.9 Å². The number of piperidine rings is 1. The van der Waals surface area contributed by atoms with Gasteiger partial charge in [-0.15, -0.1) is 0 Å². The molecule has 2 fully saturated rings. The van der Waals surface area contributed by atoms with Crippen molar-refractivity contribution in [3.63, 3.8) is 0 Å². The molecule has 1 aromatic heterocycles. The van der Waals surface area contributed by atoms with E-state index in [2.05, 4.69) is 15.2 Å². The van der Waals surface area contributed by atoms with Crippen LogP contribution in [0.15, 0.2) is 18.2 Å². The fourth-order valence-corrected chi connectivity index (χ4v) is 3.52. The standard InChI is InChI=1S/C16H24FN3/c17-15-6-3-7-16(19-15)18-14-8-10-20(11-9-14)12-13-4-1-2-5-13/h3,6-7,13-14H,1-2,4-5,8-12H2,(H,18,19). The van der Waals surface area contributed by atoms with Crippen molar-refractivity contribution in [1.82, 2.24) is 9.88 Å². The molecule has 0 bridgehead atoms. The second-order valence-corrected chi connectivity index (χ2v) is 6.22. The van der Waals surface area contributed by atoms with Gasteiger partial charge in [-0.3, -0.25) is 0 Å². The van der Waals surface area contributed by atoms with Gasteiger partial charge in [0.05, 0.1) is 0 Å². The molecule has 1 saturated carbocycles. The molecule has 0 unspecified atom stereocenters. The first-order valence-electron chi connectivity index (χ1n) is 7.91. The molecule has 1 N–H and O–H groups in total. The van der Waals surface area contributed by atoms with Crippen LogP contribution in [-0.2, 0) is 0 Å². The van der Waals surface area contributed by atoms with Crippen LogP contribution in [-0.4, -0.2) is 35.6 Å². The van der Waals surface area contributed by atoms with Gasteiger partial charge in [0.15, 0.2) is 0 Å². The lowest BCUT2D eigenvalue weighted by Gasteiger charge is -2.34. The second-order valence-electron chi connectivity index (χ2n) is 6.22. The Kier molecular flexibility index (Phi) is 4.51. The lowest BCUT2D eigenvalue weighted by molar-refractivity contribution is 0.189. The molecule has 2 heterocycles. The SMILES string of the molecule is Fc1cccc(NC2CCN(CC3CCCC3)CC2)n1. The van der Waals surface area contributed by atoms with E-state index < -0.39 is 5.95 Å². The highest BCUT2D eigenvalue weighted by molar-refractivity contribution is 5.34. The molecule has 0 spiro atoms. The Hall–Kier alpha value is -1.16. The van der Waals surface area contributed by atoms with Crippen LogP contribution in [0, 0.1) is 11.9 Å². The number of nitrogens with one attached hydrogen (secondary N) is 1. The van der Waals surface area contributed by atoms with Crippen LogP contribution in [0.4, 0.5) is 10.2 Å². The molecular weight excluding hydrogens is 253 g/mol. The zero-order chi connectivity index (χ0) is 13.8. The molecule has 110 valence electrons. The van der Waals surface area contributed by atoms with Crippen molar-refractivity contribution in [2.45, 2.75) is 44.6 Å². The molecular formula is C16H24FN3. The maximum atomic E-state index is 13.1. The topological polar surface area (TPSA) is 28.2 Å². The summed E-state index contributed by atoms with van der Waals surface area (Å²) >= 11 is 0. The average Bonchev–Trinajstić information content (AvgIpc) is 2.94. The Bertz CT molecular complexity index is 423. The van der Waals surface area contributed by atoms with Crippen LogP contribution < -0.4 is 5.32 Å². The van der Waals surface area contributed by atoms with Crippen molar-refractivity contribution in [2.24, 2.45) is 5.92 Å². The molecule has 0 radical (unpaired) electrons. The average molecular weight is 277 g/mol. The van der Waals surface area contributed by atoms with Crippen molar-refractivity contribution in [3.8, 4) is 0 Å². The number of rotatable bonds is 4. The Morgan fingerprint density at radius 1 is 1.15 bits per heavy atom. The zero-order valence-corrected chi connectivity index (χ0v) is 12.0. The Balaban J connectivity index is 1.43. The molecule has 0 aromatic carbocycles. The third kappa shape index (κ3) is 3.69. The Labute approximate surface area is 120 Å². The highest BCUT2D eigenvalue weighted by atomic mass is 19.1. The van der Waals surface area contributed by atoms with Crippen LogP contribution in [0.5, 0.6) is 0 Å². The largest absolute Gasteiger partial charge is 0.367 e. The monoisotopic (exact) mass is 277 g/mol. The quantitative estimate of drug-likeness (QED) is 0.856.